The average Bonchev–Trinajstić information content (AvgIpc) is 2.82. The lowest BCUT2D eigenvalue weighted by atomic mass is 10.2. The fourth-order valence-corrected chi connectivity index (χ4v) is 2.74. The monoisotopic (exact) mass is 312 g/mol. The van der Waals surface area contributed by atoms with Crippen LogP contribution in [0.25, 0.3) is 0 Å². The number of aromatic nitrogens is 1. The molecule has 5 heteroatoms. The number of pyridine rings is 1. The third-order valence-electron chi connectivity index (χ3n) is 2.69. The minimum atomic E-state index is -0.0201. The molecule has 0 aliphatic heterocycles. The highest BCUT2D eigenvalue weighted by Gasteiger charge is 2.08. The molecule has 0 spiro atoms. The number of halogens is 1. The first kappa shape index (κ1) is 12.4. The van der Waals surface area contributed by atoms with Crippen molar-refractivity contribution in [3.05, 3.63) is 49.0 Å². The Morgan fingerprint density at radius 2 is 2.29 bits per heavy atom. The summed E-state index contributed by atoms with van der Waals surface area (Å²) in [4.78, 5) is 13.2. The van der Waals surface area contributed by atoms with Crippen molar-refractivity contribution < 1.29 is 0 Å². The molecule has 17 heavy (non-hydrogen) atoms. The summed E-state index contributed by atoms with van der Waals surface area (Å²) in [7, 11) is 0. The number of nitrogens with two attached hydrogens (primary N) is 1. The summed E-state index contributed by atoms with van der Waals surface area (Å²) in [5, 5.41) is 2.04. The van der Waals surface area contributed by atoms with Gasteiger partial charge in [0, 0.05) is 17.6 Å². The van der Waals surface area contributed by atoms with Crippen molar-refractivity contribution in [2.75, 3.05) is 5.73 Å². The third-order valence-corrected chi connectivity index (χ3v) is 4.56. The Labute approximate surface area is 112 Å². The maximum Gasteiger partial charge on any atom is 0.265 e. The largest absolute Gasteiger partial charge is 0.397 e. The molecule has 2 N–H and O–H groups in total. The Bertz CT molecular complexity index is 575. The first-order valence-electron chi connectivity index (χ1n) is 5.27. The highest BCUT2D eigenvalue weighted by molar-refractivity contribution is 9.10. The van der Waals surface area contributed by atoms with Crippen molar-refractivity contribution in [2.45, 2.75) is 19.9 Å². The zero-order valence-corrected chi connectivity index (χ0v) is 11.8. The van der Waals surface area contributed by atoms with Gasteiger partial charge in [-0.1, -0.05) is 6.07 Å². The first-order valence-corrected chi connectivity index (χ1v) is 6.94. The van der Waals surface area contributed by atoms with Crippen LogP contribution in [0.4, 0.5) is 5.69 Å². The first-order chi connectivity index (χ1) is 8.09. The highest BCUT2D eigenvalue weighted by atomic mass is 79.9. The maximum absolute atomic E-state index is 12.0. The van der Waals surface area contributed by atoms with Crippen molar-refractivity contribution >= 4 is 33.0 Å². The van der Waals surface area contributed by atoms with E-state index in [9.17, 15) is 4.79 Å². The van der Waals surface area contributed by atoms with Gasteiger partial charge in [-0.05, 0) is 46.3 Å². The summed E-state index contributed by atoms with van der Waals surface area (Å²) < 4.78 is 2.22. The maximum atomic E-state index is 12.0. The van der Waals surface area contributed by atoms with E-state index in [2.05, 4.69) is 22.0 Å². The second kappa shape index (κ2) is 5.06. The van der Waals surface area contributed by atoms with Gasteiger partial charge in [0.15, 0.2) is 0 Å². The molecule has 2 heterocycles. The van der Waals surface area contributed by atoms with Crippen LogP contribution in [0.3, 0.4) is 0 Å². The number of nitrogen functional groups attached to an aromatic ring is 1. The number of rotatable bonds is 3. The minimum absolute atomic E-state index is 0.0201. The van der Waals surface area contributed by atoms with Gasteiger partial charge < -0.3 is 10.3 Å². The zero-order chi connectivity index (χ0) is 12.4. The van der Waals surface area contributed by atoms with Crippen LogP contribution in [0.1, 0.15) is 10.4 Å². The summed E-state index contributed by atoms with van der Waals surface area (Å²) >= 11 is 4.99. The fraction of sp³-hybridized carbons (Fsp3) is 0.250. The number of hydrogen-bond donors (Lipinski definition) is 1. The Balaban J connectivity index is 2.25. The lowest BCUT2D eigenvalue weighted by Crippen LogP contribution is -2.23. The average molecular weight is 313 g/mol. The second-order valence-electron chi connectivity index (χ2n) is 3.85. The van der Waals surface area contributed by atoms with Gasteiger partial charge in [-0.3, -0.25) is 4.79 Å². The number of hydrogen-bond acceptors (Lipinski definition) is 3. The molecule has 0 atom stereocenters. The molecular weight excluding hydrogens is 300 g/mol. The van der Waals surface area contributed by atoms with Gasteiger partial charge >= 0.3 is 0 Å². The van der Waals surface area contributed by atoms with Gasteiger partial charge in [0.05, 0.1) is 10.2 Å². The summed E-state index contributed by atoms with van der Waals surface area (Å²) in [6.45, 7) is 2.49. The van der Waals surface area contributed by atoms with Gasteiger partial charge in [0.1, 0.15) is 0 Å². The van der Waals surface area contributed by atoms with E-state index in [-0.39, 0.29) is 5.56 Å². The van der Waals surface area contributed by atoms with Crippen LogP contribution >= 0.6 is 27.3 Å². The molecule has 0 bridgehead atoms. The van der Waals surface area contributed by atoms with Crippen LogP contribution in [-0.2, 0) is 13.0 Å². The smallest absolute Gasteiger partial charge is 0.265 e. The fourth-order valence-electron chi connectivity index (χ4n) is 1.59. The zero-order valence-electron chi connectivity index (χ0n) is 9.44. The standard InChI is InChI=1S/C12H13BrN2OS/c1-8-10(14)7-15(12(16)11(8)13)5-4-9-3-2-6-17-9/h2-3,6-7H,4-5,14H2,1H3. The summed E-state index contributed by atoms with van der Waals surface area (Å²) in [6, 6.07) is 4.09. The van der Waals surface area contributed by atoms with Gasteiger partial charge in [-0.15, -0.1) is 11.3 Å². The Kier molecular flexibility index (Phi) is 3.69. The SMILES string of the molecule is Cc1c(N)cn(CCc2cccs2)c(=O)c1Br. The lowest BCUT2D eigenvalue weighted by molar-refractivity contribution is 0.671. The van der Waals surface area contributed by atoms with Crippen molar-refractivity contribution in [1.29, 1.82) is 0 Å². The van der Waals surface area contributed by atoms with Crippen molar-refractivity contribution in [3.63, 3.8) is 0 Å². The molecule has 3 nitrogen and oxygen atoms in total. The van der Waals surface area contributed by atoms with Crippen LogP contribution in [-0.4, -0.2) is 4.57 Å². The van der Waals surface area contributed by atoms with E-state index in [1.54, 1.807) is 22.1 Å². The second-order valence-corrected chi connectivity index (χ2v) is 5.68. The van der Waals surface area contributed by atoms with Gasteiger partial charge in [0.25, 0.3) is 5.56 Å². The molecule has 0 amide bonds. The van der Waals surface area contributed by atoms with E-state index < -0.39 is 0 Å². The van der Waals surface area contributed by atoms with E-state index in [4.69, 9.17) is 5.73 Å². The normalized spacial score (nSPS) is 10.7. The molecule has 90 valence electrons. The van der Waals surface area contributed by atoms with Gasteiger partial charge in [-0.25, -0.2) is 0 Å². The molecule has 0 unspecified atom stereocenters. The van der Waals surface area contributed by atoms with Crippen molar-refractivity contribution in [2.24, 2.45) is 0 Å². The number of anilines is 1. The molecule has 0 aliphatic rings. The predicted octanol–water partition coefficient (Wildman–Crippen LogP) is 2.81. The Morgan fingerprint density at radius 3 is 2.94 bits per heavy atom. The Morgan fingerprint density at radius 1 is 1.53 bits per heavy atom. The Hall–Kier alpha value is -1.07. The van der Waals surface area contributed by atoms with Crippen LogP contribution in [0.15, 0.2) is 33.0 Å². The topological polar surface area (TPSA) is 48.0 Å². The van der Waals surface area contributed by atoms with E-state index in [0.29, 0.717) is 16.7 Å². The van der Waals surface area contributed by atoms with Crippen LogP contribution in [0.2, 0.25) is 0 Å². The number of aryl methyl sites for hydroxylation is 2. The van der Waals surface area contributed by atoms with Crippen LogP contribution < -0.4 is 11.3 Å². The van der Waals surface area contributed by atoms with Crippen LogP contribution in [0, 0.1) is 6.92 Å². The van der Waals surface area contributed by atoms with Gasteiger partial charge in [0.2, 0.25) is 0 Å². The number of thiophene rings is 1. The predicted molar refractivity (Wildman–Crippen MR) is 75.6 cm³/mol. The minimum Gasteiger partial charge on any atom is -0.397 e. The molecule has 2 aromatic rings. The molecule has 0 radical (unpaired) electrons. The number of nitrogens with zero attached hydrogens (tertiary/aromatic N) is 1. The summed E-state index contributed by atoms with van der Waals surface area (Å²) in [5.74, 6) is 0. The molecular formula is C12H13BrN2OS. The van der Waals surface area contributed by atoms with Crippen LogP contribution in [0.5, 0.6) is 0 Å². The molecule has 0 saturated heterocycles. The summed E-state index contributed by atoms with van der Waals surface area (Å²) in [6.07, 6.45) is 2.57. The van der Waals surface area contributed by atoms with E-state index in [1.807, 2.05) is 18.4 Å². The lowest BCUT2D eigenvalue weighted by Gasteiger charge is -2.09. The molecule has 0 aromatic carbocycles. The molecule has 0 saturated carbocycles. The van der Waals surface area contributed by atoms with Gasteiger partial charge in [-0.2, -0.15) is 0 Å². The molecule has 0 aliphatic carbocycles. The van der Waals surface area contributed by atoms with E-state index >= 15 is 0 Å². The molecule has 2 aromatic heterocycles. The van der Waals surface area contributed by atoms with Crippen molar-refractivity contribution in [3.8, 4) is 0 Å². The van der Waals surface area contributed by atoms with E-state index in [0.717, 1.165) is 12.0 Å². The summed E-state index contributed by atoms with van der Waals surface area (Å²) in [5.41, 5.74) is 7.28. The quantitative estimate of drug-likeness (QED) is 0.947. The van der Waals surface area contributed by atoms with Crippen molar-refractivity contribution in [1.82, 2.24) is 4.57 Å². The highest BCUT2D eigenvalue weighted by Crippen LogP contribution is 2.17. The third kappa shape index (κ3) is 2.61. The molecule has 2 rings (SSSR count). The molecule has 0 fully saturated rings. The van der Waals surface area contributed by atoms with E-state index in [1.165, 1.54) is 4.88 Å².